The Morgan fingerprint density at radius 3 is 2.57 bits per heavy atom. The highest BCUT2D eigenvalue weighted by Gasteiger charge is 2.41. The summed E-state index contributed by atoms with van der Waals surface area (Å²) >= 11 is 1.65. The van der Waals surface area contributed by atoms with Crippen molar-refractivity contribution in [1.82, 2.24) is 5.32 Å². The lowest BCUT2D eigenvalue weighted by Crippen LogP contribution is -2.36. The molecule has 1 aliphatic heterocycles. The molecule has 0 fully saturated rings. The number of carbonyl (C=O) groups excluding carboxylic acids is 2. The second-order valence-corrected chi connectivity index (χ2v) is 9.02. The molecule has 2 heterocycles. The molecule has 156 valence electrons. The van der Waals surface area contributed by atoms with E-state index in [2.05, 4.69) is 11.4 Å². The first-order valence-electron chi connectivity index (χ1n) is 10.1. The second kappa shape index (κ2) is 8.19. The van der Waals surface area contributed by atoms with E-state index in [1.54, 1.807) is 37.3 Å². The molecule has 1 aliphatic carbocycles. The molecule has 0 radical (unpaired) electrons. The van der Waals surface area contributed by atoms with Crippen molar-refractivity contribution in [2.24, 2.45) is 0 Å². The Morgan fingerprint density at radius 2 is 1.93 bits per heavy atom. The van der Waals surface area contributed by atoms with Gasteiger partial charge in [0.05, 0.1) is 11.7 Å². The smallest absolute Gasteiger partial charge is 0.337 e. The number of thiophene rings is 1. The number of ketones is 1. The minimum Gasteiger partial charge on any atom is -0.460 e. The summed E-state index contributed by atoms with van der Waals surface area (Å²) in [6.45, 7) is 5.41. The van der Waals surface area contributed by atoms with Crippen molar-refractivity contribution in [3.05, 3.63) is 80.6 Å². The molecule has 0 saturated heterocycles. The van der Waals surface area contributed by atoms with E-state index in [0.29, 0.717) is 35.2 Å². The van der Waals surface area contributed by atoms with Crippen molar-refractivity contribution in [3.63, 3.8) is 0 Å². The van der Waals surface area contributed by atoms with Crippen LogP contribution in [-0.2, 0) is 14.3 Å². The lowest BCUT2D eigenvalue weighted by Gasteiger charge is -2.36. The molecule has 4 nitrogen and oxygen atoms in total. The zero-order valence-electron chi connectivity index (χ0n) is 17.2. The number of carbonyl (C=O) groups is 2. The van der Waals surface area contributed by atoms with E-state index >= 15 is 0 Å². The topological polar surface area (TPSA) is 55.4 Å². The fraction of sp³-hybridized carbons (Fsp3) is 0.333. The van der Waals surface area contributed by atoms with Gasteiger partial charge in [-0.3, -0.25) is 4.79 Å². The van der Waals surface area contributed by atoms with E-state index in [1.165, 1.54) is 17.0 Å². The molecule has 0 bridgehead atoms. The SMILES string of the molecule is CC1=C(C(=O)OC(C)C)[C@@H](c2ccc(F)cc2)C2=C(C[C@@H](c3cccs3)CC2=O)N1. The number of halogens is 1. The Kier molecular flexibility index (Phi) is 5.60. The number of hydrogen-bond donors (Lipinski definition) is 1. The van der Waals surface area contributed by atoms with Crippen LogP contribution in [0.15, 0.2) is 64.3 Å². The van der Waals surface area contributed by atoms with Gasteiger partial charge in [0.15, 0.2) is 5.78 Å². The Bertz CT molecular complexity index is 1030. The van der Waals surface area contributed by atoms with E-state index in [0.717, 1.165) is 5.70 Å². The minimum absolute atomic E-state index is 0.0128. The van der Waals surface area contributed by atoms with Gasteiger partial charge in [-0.1, -0.05) is 18.2 Å². The third-order valence-corrected chi connectivity index (χ3v) is 6.57. The molecule has 0 saturated carbocycles. The molecule has 1 aromatic carbocycles. The summed E-state index contributed by atoms with van der Waals surface area (Å²) in [5, 5.41) is 5.34. The first-order chi connectivity index (χ1) is 14.3. The molecule has 1 aromatic heterocycles. The Labute approximate surface area is 179 Å². The van der Waals surface area contributed by atoms with E-state index in [4.69, 9.17) is 4.74 Å². The lowest BCUT2D eigenvalue weighted by atomic mass is 9.72. The number of ether oxygens (including phenoxy) is 1. The van der Waals surface area contributed by atoms with Crippen molar-refractivity contribution in [3.8, 4) is 0 Å². The maximum atomic E-state index is 13.6. The summed E-state index contributed by atoms with van der Waals surface area (Å²) in [4.78, 5) is 27.5. The van der Waals surface area contributed by atoms with Gasteiger partial charge in [-0.2, -0.15) is 0 Å². The van der Waals surface area contributed by atoms with Crippen molar-refractivity contribution < 1.29 is 18.7 Å². The molecule has 0 amide bonds. The van der Waals surface area contributed by atoms with Crippen molar-refractivity contribution in [1.29, 1.82) is 0 Å². The first kappa shape index (κ1) is 20.5. The molecule has 2 aliphatic rings. The van der Waals surface area contributed by atoms with E-state index in [9.17, 15) is 14.0 Å². The van der Waals surface area contributed by atoms with Gasteiger partial charge in [-0.15, -0.1) is 11.3 Å². The van der Waals surface area contributed by atoms with Gasteiger partial charge in [-0.05, 0) is 56.3 Å². The normalized spacial score (nSPS) is 21.6. The molecular formula is C24H24FNO3S. The number of nitrogens with one attached hydrogen (secondary N) is 1. The van der Waals surface area contributed by atoms with Crippen LogP contribution in [0.2, 0.25) is 0 Å². The number of esters is 1. The van der Waals surface area contributed by atoms with E-state index in [-0.39, 0.29) is 23.6 Å². The summed E-state index contributed by atoms with van der Waals surface area (Å²) < 4.78 is 19.1. The van der Waals surface area contributed by atoms with Crippen LogP contribution in [0.25, 0.3) is 0 Å². The molecule has 4 rings (SSSR count). The van der Waals surface area contributed by atoms with Crippen LogP contribution in [0.4, 0.5) is 4.39 Å². The standard InChI is InChI=1S/C24H24FNO3S/c1-13(2)29-24(28)21-14(3)26-18-11-16(20-5-4-10-30-20)12-19(27)23(18)22(21)15-6-8-17(25)9-7-15/h4-10,13,16,22,26H,11-12H2,1-3H3/t16-,22-/m1/s1. The predicted molar refractivity (Wildman–Crippen MR) is 115 cm³/mol. The zero-order chi connectivity index (χ0) is 21.4. The van der Waals surface area contributed by atoms with Crippen LogP contribution < -0.4 is 5.32 Å². The summed E-state index contributed by atoms with van der Waals surface area (Å²) in [6.07, 6.45) is 0.806. The Balaban J connectivity index is 1.80. The predicted octanol–water partition coefficient (Wildman–Crippen LogP) is 5.20. The van der Waals surface area contributed by atoms with Crippen LogP contribution in [0, 0.1) is 5.82 Å². The molecule has 2 atom stereocenters. The molecule has 30 heavy (non-hydrogen) atoms. The number of hydrogen-bond acceptors (Lipinski definition) is 5. The molecule has 6 heteroatoms. The third-order valence-electron chi connectivity index (χ3n) is 5.54. The van der Waals surface area contributed by atoms with Crippen LogP contribution in [0.1, 0.15) is 55.9 Å². The van der Waals surface area contributed by atoms with Gasteiger partial charge in [-0.25, -0.2) is 9.18 Å². The van der Waals surface area contributed by atoms with Crippen molar-refractivity contribution >= 4 is 23.1 Å². The summed E-state index contributed by atoms with van der Waals surface area (Å²) in [6, 6.07) is 10.1. The van der Waals surface area contributed by atoms with Gasteiger partial charge in [0.25, 0.3) is 0 Å². The van der Waals surface area contributed by atoms with Gasteiger partial charge in [0.1, 0.15) is 5.82 Å². The summed E-state index contributed by atoms with van der Waals surface area (Å²) in [7, 11) is 0. The van der Waals surface area contributed by atoms with E-state index in [1.807, 2.05) is 18.4 Å². The molecular weight excluding hydrogens is 401 g/mol. The number of allylic oxidation sites excluding steroid dienone is 3. The fourth-order valence-electron chi connectivity index (χ4n) is 4.30. The van der Waals surface area contributed by atoms with Gasteiger partial charge in [0.2, 0.25) is 0 Å². The molecule has 2 aromatic rings. The second-order valence-electron chi connectivity index (χ2n) is 8.04. The van der Waals surface area contributed by atoms with Crippen LogP contribution in [-0.4, -0.2) is 17.9 Å². The molecule has 0 spiro atoms. The monoisotopic (exact) mass is 425 g/mol. The summed E-state index contributed by atoms with van der Waals surface area (Å²) in [5.74, 6) is -1.25. The van der Waals surface area contributed by atoms with Gasteiger partial charge >= 0.3 is 5.97 Å². The highest BCUT2D eigenvalue weighted by atomic mass is 32.1. The number of benzene rings is 1. The summed E-state index contributed by atoms with van der Waals surface area (Å²) in [5.41, 5.74) is 3.24. The quantitative estimate of drug-likeness (QED) is 0.684. The van der Waals surface area contributed by atoms with Gasteiger partial charge in [0, 0.05) is 40.1 Å². The van der Waals surface area contributed by atoms with Crippen LogP contribution >= 0.6 is 11.3 Å². The average molecular weight is 426 g/mol. The molecule has 0 unspecified atom stereocenters. The van der Waals surface area contributed by atoms with Crippen LogP contribution in [0.3, 0.4) is 0 Å². The highest BCUT2D eigenvalue weighted by Crippen LogP contribution is 2.46. The number of dihydropyridines is 1. The largest absolute Gasteiger partial charge is 0.460 e. The minimum atomic E-state index is -0.565. The maximum absolute atomic E-state index is 13.6. The van der Waals surface area contributed by atoms with E-state index < -0.39 is 11.9 Å². The van der Waals surface area contributed by atoms with Crippen molar-refractivity contribution in [2.75, 3.05) is 0 Å². The fourth-order valence-corrected chi connectivity index (χ4v) is 5.13. The van der Waals surface area contributed by atoms with Crippen molar-refractivity contribution in [2.45, 2.75) is 51.6 Å². The Morgan fingerprint density at radius 1 is 1.20 bits per heavy atom. The number of Topliss-reactive ketones (excluding diaryl/α,β-unsaturated/α-hetero) is 1. The highest BCUT2D eigenvalue weighted by molar-refractivity contribution is 7.10. The third kappa shape index (κ3) is 3.84. The average Bonchev–Trinajstić information content (AvgIpc) is 3.21. The Hall–Kier alpha value is -2.73. The maximum Gasteiger partial charge on any atom is 0.337 e. The van der Waals surface area contributed by atoms with Gasteiger partial charge < -0.3 is 10.1 Å². The zero-order valence-corrected chi connectivity index (χ0v) is 18.0. The molecule has 1 N–H and O–H groups in total. The number of rotatable bonds is 4. The van der Waals surface area contributed by atoms with Crippen LogP contribution in [0.5, 0.6) is 0 Å². The first-order valence-corrected chi connectivity index (χ1v) is 11.0. The lowest BCUT2D eigenvalue weighted by molar-refractivity contribution is -0.143.